The first-order valence-electron chi connectivity index (χ1n) is 9.81. The number of amides is 1. The van der Waals surface area contributed by atoms with Gasteiger partial charge in [0.05, 0.1) is 11.8 Å². The summed E-state index contributed by atoms with van der Waals surface area (Å²) in [5.41, 5.74) is -1.31. The van der Waals surface area contributed by atoms with Gasteiger partial charge in [-0.2, -0.15) is 18.3 Å². The summed E-state index contributed by atoms with van der Waals surface area (Å²) >= 11 is 0. The smallest absolute Gasteiger partial charge is 0.372 e. The van der Waals surface area contributed by atoms with E-state index in [0.717, 1.165) is 24.5 Å². The van der Waals surface area contributed by atoms with Crippen molar-refractivity contribution in [1.29, 1.82) is 0 Å². The standard InChI is InChI=1S/C22H22F4N4O/c1-2-29(16-9-4-3-5-10-16)14-8-13-27-21(31)17-15-28-30(20(17)22(24,25)26)19-12-7-6-11-18(19)23/h3-7,9-12,15H,2,8,13-14H2,1H3,(H,27,31). The van der Waals surface area contributed by atoms with Gasteiger partial charge >= 0.3 is 6.18 Å². The molecule has 0 saturated carbocycles. The van der Waals surface area contributed by atoms with Gasteiger partial charge in [-0.25, -0.2) is 9.07 Å². The summed E-state index contributed by atoms with van der Waals surface area (Å²) in [5, 5.41) is 6.14. The van der Waals surface area contributed by atoms with Crippen LogP contribution >= 0.6 is 0 Å². The van der Waals surface area contributed by atoms with Crippen molar-refractivity contribution in [2.75, 3.05) is 24.5 Å². The maximum absolute atomic E-state index is 14.0. The van der Waals surface area contributed by atoms with Crippen LogP contribution in [0.25, 0.3) is 5.69 Å². The summed E-state index contributed by atoms with van der Waals surface area (Å²) in [6.45, 7) is 3.57. The fourth-order valence-electron chi connectivity index (χ4n) is 3.27. The molecular weight excluding hydrogens is 412 g/mol. The monoisotopic (exact) mass is 434 g/mol. The van der Waals surface area contributed by atoms with E-state index in [9.17, 15) is 22.4 Å². The Hall–Kier alpha value is -3.36. The molecule has 0 spiro atoms. The van der Waals surface area contributed by atoms with E-state index in [1.54, 1.807) is 0 Å². The number of rotatable bonds is 8. The Labute approximate surface area is 177 Å². The van der Waals surface area contributed by atoms with Crippen LogP contribution in [0.1, 0.15) is 29.4 Å². The van der Waals surface area contributed by atoms with Crippen LogP contribution in [-0.2, 0) is 6.18 Å². The van der Waals surface area contributed by atoms with Crippen molar-refractivity contribution in [3.05, 3.63) is 77.9 Å². The number of alkyl halides is 3. The molecule has 1 heterocycles. The van der Waals surface area contributed by atoms with E-state index >= 15 is 0 Å². The molecule has 2 aromatic carbocycles. The third-order valence-corrected chi connectivity index (χ3v) is 4.76. The molecule has 0 bridgehead atoms. The number of anilines is 1. The minimum Gasteiger partial charge on any atom is -0.372 e. The van der Waals surface area contributed by atoms with Gasteiger partial charge in [0.15, 0.2) is 5.69 Å². The Morgan fingerprint density at radius 2 is 1.77 bits per heavy atom. The van der Waals surface area contributed by atoms with Gasteiger partial charge in [0.1, 0.15) is 11.5 Å². The minimum absolute atomic E-state index is 0.185. The lowest BCUT2D eigenvalue weighted by Crippen LogP contribution is -2.31. The van der Waals surface area contributed by atoms with Gasteiger partial charge in [-0.05, 0) is 37.6 Å². The van der Waals surface area contributed by atoms with Crippen LogP contribution in [0, 0.1) is 5.82 Å². The number of benzene rings is 2. The van der Waals surface area contributed by atoms with E-state index in [1.807, 2.05) is 37.3 Å². The van der Waals surface area contributed by atoms with Crippen molar-refractivity contribution in [3.8, 4) is 5.69 Å². The molecule has 164 valence electrons. The van der Waals surface area contributed by atoms with Crippen molar-refractivity contribution in [3.63, 3.8) is 0 Å². The lowest BCUT2D eigenvalue weighted by molar-refractivity contribution is -0.143. The van der Waals surface area contributed by atoms with Crippen LogP contribution in [0.4, 0.5) is 23.2 Å². The molecule has 0 fully saturated rings. The number of nitrogens with one attached hydrogen (secondary N) is 1. The maximum Gasteiger partial charge on any atom is 0.434 e. The SMILES string of the molecule is CCN(CCCNC(=O)c1cnn(-c2ccccc2F)c1C(F)(F)F)c1ccccc1. The first-order valence-corrected chi connectivity index (χ1v) is 9.81. The molecule has 0 aliphatic rings. The number of carbonyl (C=O) groups excluding carboxylic acids is 1. The highest BCUT2D eigenvalue weighted by Crippen LogP contribution is 2.34. The average Bonchev–Trinajstić information content (AvgIpc) is 3.20. The second-order valence-corrected chi connectivity index (χ2v) is 6.79. The fraction of sp³-hybridized carbons (Fsp3) is 0.273. The molecule has 3 aromatic rings. The summed E-state index contributed by atoms with van der Waals surface area (Å²) in [6, 6.07) is 14.6. The fourth-order valence-corrected chi connectivity index (χ4v) is 3.27. The Balaban J connectivity index is 1.70. The summed E-state index contributed by atoms with van der Waals surface area (Å²) in [5.74, 6) is -1.78. The van der Waals surface area contributed by atoms with Gasteiger partial charge in [-0.1, -0.05) is 30.3 Å². The largest absolute Gasteiger partial charge is 0.434 e. The van der Waals surface area contributed by atoms with E-state index < -0.39 is 29.2 Å². The molecule has 0 unspecified atom stereocenters. The predicted octanol–water partition coefficient (Wildman–Crippen LogP) is 4.68. The van der Waals surface area contributed by atoms with Crippen molar-refractivity contribution >= 4 is 11.6 Å². The first-order chi connectivity index (χ1) is 14.8. The van der Waals surface area contributed by atoms with Gasteiger partial charge in [0.2, 0.25) is 0 Å². The first kappa shape index (κ1) is 22.3. The molecule has 9 heteroatoms. The number of carbonyl (C=O) groups is 1. The zero-order valence-electron chi connectivity index (χ0n) is 16.9. The van der Waals surface area contributed by atoms with Gasteiger partial charge in [0.25, 0.3) is 5.91 Å². The zero-order chi connectivity index (χ0) is 22.4. The van der Waals surface area contributed by atoms with Gasteiger partial charge in [0, 0.05) is 25.3 Å². The van der Waals surface area contributed by atoms with E-state index in [-0.39, 0.29) is 12.2 Å². The van der Waals surface area contributed by atoms with Crippen molar-refractivity contribution in [1.82, 2.24) is 15.1 Å². The summed E-state index contributed by atoms with van der Waals surface area (Å²) in [7, 11) is 0. The molecule has 1 aromatic heterocycles. The maximum atomic E-state index is 14.0. The second-order valence-electron chi connectivity index (χ2n) is 6.79. The van der Waals surface area contributed by atoms with Crippen LogP contribution in [0.2, 0.25) is 0 Å². The van der Waals surface area contributed by atoms with E-state index in [0.29, 0.717) is 17.6 Å². The Bertz CT molecular complexity index is 1020. The molecule has 0 radical (unpaired) electrons. The minimum atomic E-state index is -4.89. The molecule has 0 atom stereocenters. The summed E-state index contributed by atoms with van der Waals surface area (Å²) in [6.07, 6.45) is -3.54. The number of para-hydroxylation sites is 2. The van der Waals surface area contributed by atoms with Crippen LogP contribution < -0.4 is 10.2 Å². The number of aromatic nitrogens is 2. The quantitative estimate of drug-likeness (QED) is 0.414. The third-order valence-electron chi connectivity index (χ3n) is 4.76. The topological polar surface area (TPSA) is 50.2 Å². The van der Waals surface area contributed by atoms with Crippen molar-refractivity contribution in [2.45, 2.75) is 19.5 Å². The van der Waals surface area contributed by atoms with E-state index in [1.165, 1.54) is 18.2 Å². The number of nitrogens with zero attached hydrogens (tertiary/aromatic N) is 3. The van der Waals surface area contributed by atoms with Crippen LogP contribution in [0.3, 0.4) is 0 Å². The van der Waals surface area contributed by atoms with Crippen molar-refractivity contribution < 1.29 is 22.4 Å². The zero-order valence-corrected chi connectivity index (χ0v) is 16.9. The van der Waals surface area contributed by atoms with Gasteiger partial charge in [-0.3, -0.25) is 4.79 Å². The molecule has 1 N–H and O–H groups in total. The third kappa shape index (κ3) is 5.22. The van der Waals surface area contributed by atoms with Crippen LogP contribution in [0.5, 0.6) is 0 Å². The molecule has 5 nitrogen and oxygen atoms in total. The Morgan fingerprint density at radius 3 is 2.42 bits per heavy atom. The van der Waals surface area contributed by atoms with Crippen LogP contribution in [-0.4, -0.2) is 35.3 Å². The van der Waals surface area contributed by atoms with E-state index in [4.69, 9.17) is 0 Å². The van der Waals surface area contributed by atoms with E-state index in [2.05, 4.69) is 15.3 Å². The number of halogens is 4. The number of hydrogen-bond acceptors (Lipinski definition) is 3. The molecule has 3 rings (SSSR count). The highest BCUT2D eigenvalue weighted by Gasteiger charge is 2.40. The lowest BCUT2D eigenvalue weighted by atomic mass is 10.2. The average molecular weight is 434 g/mol. The predicted molar refractivity (Wildman–Crippen MR) is 110 cm³/mol. The van der Waals surface area contributed by atoms with Crippen LogP contribution in [0.15, 0.2) is 60.8 Å². The molecule has 0 aliphatic carbocycles. The highest BCUT2D eigenvalue weighted by molar-refractivity contribution is 5.95. The lowest BCUT2D eigenvalue weighted by Gasteiger charge is -2.23. The Kier molecular flexibility index (Phi) is 6.94. The normalized spacial score (nSPS) is 11.4. The Morgan fingerprint density at radius 1 is 1.10 bits per heavy atom. The molecule has 1 amide bonds. The van der Waals surface area contributed by atoms with Gasteiger partial charge in [-0.15, -0.1) is 0 Å². The van der Waals surface area contributed by atoms with Crippen molar-refractivity contribution in [2.24, 2.45) is 0 Å². The molecule has 0 aliphatic heterocycles. The van der Waals surface area contributed by atoms with Gasteiger partial charge < -0.3 is 10.2 Å². The molecule has 31 heavy (non-hydrogen) atoms. The highest BCUT2D eigenvalue weighted by atomic mass is 19.4. The second kappa shape index (κ2) is 9.63. The summed E-state index contributed by atoms with van der Waals surface area (Å²) in [4.78, 5) is 14.6. The summed E-state index contributed by atoms with van der Waals surface area (Å²) < 4.78 is 55.5. The molecule has 0 saturated heterocycles. The number of hydrogen-bond donors (Lipinski definition) is 1. The molecular formula is C22H22F4N4O.